The van der Waals surface area contributed by atoms with E-state index in [4.69, 9.17) is 0 Å². The number of nitrogens with one attached hydrogen (secondary N) is 1. The van der Waals surface area contributed by atoms with Crippen LogP contribution in [0.1, 0.15) is 5.56 Å². The first-order valence-electron chi connectivity index (χ1n) is 6.23. The maximum Gasteiger partial charge on any atom is 0.234 e. The van der Waals surface area contributed by atoms with Crippen LogP contribution >= 0.6 is 15.9 Å². The van der Waals surface area contributed by atoms with Gasteiger partial charge < -0.3 is 5.32 Å². The molecule has 3 rings (SSSR count). The smallest absolute Gasteiger partial charge is 0.234 e. The van der Waals surface area contributed by atoms with E-state index in [1.807, 2.05) is 6.20 Å². The van der Waals surface area contributed by atoms with Crippen LogP contribution in [-0.4, -0.2) is 35.4 Å². The van der Waals surface area contributed by atoms with Gasteiger partial charge in [-0.3, -0.25) is 14.7 Å². The van der Waals surface area contributed by atoms with Gasteiger partial charge in [0.05, 0.1) is 6.54 Å². The lowest BCUT2D eigenvalue weighted by Gasteiger charge is -2.26. The van der Waals surface area contributed by atoms with Gasteiger partial charge in [0, 0.05) is 41.9 Å². The number of piperazine rings is 1. The first-order chi connectivity index (χ1) is 9.22. The number of pyridine rings is 1. The van der Waals surface area contributed by atoms with Crippen molar-refractivity contribution in [2.24, 2.45) is 0 Å². The minimum absolute atomic E-state index is 0.109. The Labute approximate surface area is 119 Å². The van der Waals surface area contributed by atoms with Gasteiger partial charge in [0.1, 0.15) is 0 Å². The molecule has 1 saturated heterocycles. The second kappa shape index (κ2) is 5.27. The second-order valence-corrected chi connectivity index (χ2v) is 5.59. The predicted octanol–water partition coefficient (Wildman–Crippen LogP) is 1.93. The van der Waals surface area contributed by atoms with Crippen LogP contribution in [-0.2, 0) is 11.3 Å². The third-order valence-electron chi connectivity index (χ3n) is 3.30. The zero-order valence-electron chi connectivity index (χ0n) is 10.4. The normalized spacial score (nSPS) is 16.6. The topological polar surface area (TPSA) is 45.2 Å². The maximum absolute atomic E-state index is 11.4. The number of aromatic nitrogens is 1. The van der Waals surface area contributed by atoms with Crippen LogP contribution in [0.4, 0.5) is 0 Å². The maximum atomic E-state index is 11.4. The highest BCUT2D eigenvalue weighted by Crippen LogP contribution is 2.24. The molecule has 2 heterocycles. The molecule has 4 nitrogen and oxygen atoms in total. The number of fused-ring (bicyclic) bond motifs is 1. The van der Waals surface area contributed by atoms with Crippen LogP contribution in [0.2, 0.25) is 0 Å². The van der Waals surface area contributed by atoms with Crippen LogP contribution in [0, 0.1) is 0 Å². The average Bonchev–Trinajstić information content (AvgIpc) is 2.40. The highest BCUT2D eigenvalue weighted by Gasteiger charge is 2.16. The number of carbonyl (C=O) groups is 1. The Bertz CT molecular complexity index is 629. The van der Waals surface area contributed by atoms with Gasteiger partial charge in [-0.15, -0.1) is 0 Å². The van der Waals surface area contributed by atoms with Crippen LogP contribution in [0.15, 0.2) is 35.1 Å². The fraction of sp³-hybridized carbons (Fsp3) is 0.286. The molecule has 19 heavy (non-hydrogen) atoms. The van der Waals surface area contributed by atoms with Gasteiger partial charge in [0.15, 0.2) is 0 Å². The number of benzene rings is 1. The van der Waals surface area contributed by atoms with Crippen LogP contribution < -0.4 is 5.32 Å². The zero-order valence-corrected chi connectivity index (χ0v) is 12.0. The van der Waals surface area contributed by atoms with E-state index in [2.05, 4.69) is 49.3 Å². The van der Waals surface area contributed by atoms with E-state index in [0.29, 0.717) is 6.54 Å². The number of hydrogen-bond donors (Lipinski definition) is 1. The standard InChI is InChI=1S/C14H14BrN3O/c15-13-7-16-6-11-2-1-10(5-12(11)13)8-18-4-3-17-14(19)9-18/h1-2,5-7H,3-4,8-9H2,(H,17,19). The minimum Gasteiger partial charge on any atom is -0.354 e. The number of nitrogens with zero attached hydrogens (tertiary/aromatic N) is 2. The van der Waals surface area contributed by atoms with Gasteiger partial charge in [-0.2, -0.15) is 0 Å². The van der Waals surface area contributed by atoms with E-state index in [0.717, 1.165) is 34.9 Å². The van der Waals surface area contributed by atoms with Gasteiger partial charge in [-0.25, -0.2) is 0 Å². The molecule has 1 aliphatic heterocycles. The van der Waals surface area contributed by atoms with E-state index in [9.17, 15) is 4.79 Å². The molecule has 0 spiro atoms. The monoisotopic (exact) mass is 319 g/mol. The molecule has 2 aromatic rings. The number of halogens is 1. The summed E-state index contributed by atoms with van der Waals surface area (Å²) in [5.41, 5.74) is 1.22. The summed E-state index contributed by atoms with van der Waals surface area (Å²) in [6.07, 6.45) is 3.67. The van der Waals surface area contributed by atoms with Gasteiger partial charge in [0.25, 0.3) is 0 Å². The summed E-state index contributed by atoms with van der Waals surface area (Å²) in [7, 11) is 0. The Morgan fingerprint density at radius 1 is 1.37 bits per heavy atom. The molecule has 1 amide bonds. The molecule has 0 aliphatic carbocycles. The molecule has 1 aliphatic rings. The molecule has 0 unspecified atom stereocenters. The number of rotatable bonds is 2. The highest BCUT2D eigenvalue weighted by atomic mass is 79.9. The molecule has 5 heteroatoms. The minimum atomic E-state index is 0.109. The van der Waals surface area contributed by atoms with Crippen molar-refractivity contribution in [1.82, 2.24) is 15.2 Å². The number of amides is 1. The van der Waals surface area contributed by atoms with Crippen LogP contribution in [0.25, 0.3) is 10.8 Å². The van der Waals surface area contributed by atoms with Crippen LogP contribution in [0.5, 0.6) is 0 Å². The fourth-order valence-corrected chi connectivity index (χ4v) is 2.82. The SMILES string of the molecule is O=C1CN(Cc2ccc3cncc(Br)c3c2)CCN1. The van der Waals surface area contributed by atoms with Crippen molar-refractivity contribution in [3.05, 3.63) is 40.6 Å². The Hall–Kier alpha value is -1.46. The third kappa shape index (κ3) is 2.77. The summed E-state index contributed by atoms with van der Waals surface area (Å²) in [5.74, 6) is 0.109. The molecule has 1 fully saturated rings. The molecule has 0 atom stereocenters. The number of hydrogen-bond acceptors (Lipinski definition) is 3. The molecule has 1 aromatic carbocycles. The first-order valence-corrected chi connectivity index (χ1v) is 7.03. The fourth-order valence-electron chi connectivity index (χ4n) is 2.36. The number of carbonyl (C=O) groups excluding carboxylic acids is 1. The van der Waals surface area contributed by atoms with Gasteiger partial charge >= 0.3 is 0 Å². The Morgan fingerprint density at radius 2 is 2.26 bits per heavy atom. The van der Waals surface area contributed by atoms with Crippen molar-refractivity contribution < 1.29 is 4.79 Å². The van der Waals surface area contributed by atoms with E-state index < -0.39 is 0 Å². The molecule has 0 radical (unpaired) electrons. The molecule has 1 N–H and O–H groups in total. The van der Waals surface area contributed by atoms with E-state index in [-0.39, 0.29) is 5.91 Å². The van der Waals surface area contributed by atoms with Crippen molar-refractivity contribution >= 4 is 32.6 Å². The lowest BCUT2D eigenvalue weighted by atomic mass is 10.1. The van der Waals surface area contributed by atoms with Crippen molar-refractivity contribution in [2.75, 3.05) is 19.6 Å². The van der Waals surface area contributed by atoms with Gasteiger partial charge in [-0.1, -0.05) is 12.1 Å². The largest absolute Gasteiger partial charge is 0.354 e. The van der Waals surface area contributed by atoms with Crippen molar-refractivity contribution in [1.29, 1.82) is 0 Å². The summed E-state index contributed by atoms with van der Waals surface area (Å²) in [6.45, 7) is 2.93. The van der Waals surface area contributed by atoms with E-state index >= 15 is 0 Å². The van der Waals surface area contributed by atoms with Gasteiger partial charge in [0.2, 0.25) is 5.91 Å². The molecular formula is C14H14BrN3O. The molecule has 0 saturated carbocycles. The van der Waals surface area contributed by atoms with Crippen molar-refractivity contribution in [2.45, 2.75) is 6.54 Å². The summed E-state index contributed by atoms with van der Waals surface area (Å²) < 4.78 is 1.00. The molecule has 98 valence electrons. The quantitative estimate of drug-likeness (QED) is 0.920. The van der Waals surface area contributed by atoms with E-state index in [1.54, 1.807) is 6.20 Å². The highest BCUT2D eigenvalue weighted by molar-refractivity contribution is 9.10. The lowest BCUT2D eigenvalue weighted by Crippen LogP contribution is -2.47. The summed E-state index contributed by atoms with van der Waals surface area (Å²) >= 11 is 3.53. The van der Waals surface area contributed by atoms with Crippen molar-refractivity contribution in [3.8, 4) is 0 Å². The third-order valence-corrected chi connectivity index (χ3v) is 3.93. The first kappa shape index (κ1) is 12.6. The summed E-state index contributed by atoms with van der Waals surface area (Å²) in [4.78, 5) is 17.7. The second-order valence-electron chi connectivity index (χ2n) is 4.74. The summed E-state index contributed by atoms with van der Waals surface area (Å²) in [6, 6.07) is 6.34. The summed E-state index contributed by atoms with van der Waals surface area (Å²) in [5, 5.41) is 5.12. The van der Waals surface area contributed by atoms with Crippen molar-refractivity contribution in [3.63, 3.8) is 0 Å². The van der Waals surface area contributed by atoms with Gasteiger partial charge in [-0.05, 0) is 32.9 Å². The zero-order chi connectivity index (χ0) is 13.2. The molecule has 1 aromatic heterocycles. The Morgan fingerprint density at radius 3 is 3.11 bits per heavy atom. The Kier molecular flexibility index (Phi) is 3.48. The molecule has 0 bridgehead atoms. The molecular weight excluding hydrogens is 306 g/mol. The Balaban J connectivity index is 1.85. The average molecular weight is 320 g/mol. The predicted molar refractivity (Wildman–Crippen MR) is 77.7 cm³/mol. The van der Waals surface area contributed by atoms with E-state index in [1.165, 1.54) is 5.56 Å². The lowest BCUT2D eigenvalue weighted by molar-refractivity contribution is -0.124. The van der Waals surface area contributed by atoms with Crippen LogP contribution in [0.3, 0.4) is 0 Å².